The van der Waals surface area contributed by atoms with E-state index >= 15 is 0 Å². The molecule has 0 bridgehead atoms. The molecule has 0 aliphatic carbocycles. The lowest BCUT2D eigenvalue weighted by Gasteiger charge is -2.05. The number of aromatic nitrogens is 2. The highest BCUT2D eigenvalue weighted by molar-refractivity contribution is 6.05. The number of non-ortho nitro benzene ring substituents is 1. The van der Waals surface area contributed by atoms with E-state index in [-0.39, 0.29) is 11.6 Å². The van der Waals surface area contributed by atoms with Crippen molar-refractivity contribution in [3.8, 4) is 5.75 Å². The minimum atomic E-state index is -0.500. The molecule has 0 aliphatic heterocycles. The van der Waals surface area contributed by atoms with Gasteiger partial charge in [-0.1, -0.05) is 12.1 Å². The molecule has 0 fully saturated rings. The summed E-state index contributed by atoms with van der Waals surface area (Å²) >= 11 is 0. The van der Waals surface area contributed by atoms with Crippen LogP contribution < -0.4 is 10.1 Å². The van der Waals surface area contributed by atoms with Gasteiger partial charge in [-0.3, -0.25) is 14.9 Å². The molecule has 0 aliphatic rings. The predicted molar refractivity (Wildman–Crippen MR) is 118 cm³/mol. The Labute approximate surface area is 178 Å². The summed E-state index contributed by atoms with van der Waals surface area (Å²) in [6, 6.07) is 18.9. The SMILES string of the molecule is COc1ccc(CCc2nc3ccc(NC(=O)c4ccc([N+](=O)[O-])cc4)cc3[nH]2)cc1. The van der Waals surface area contributed by atoms with Crippen molar-refractivity contribution in [1.82, 2.24) is 9.97 Å². The fourth-order valence-corrected chi connectivity index (χ4v) is 3.25. The molecule has 1 aromatic heterocycles. The van der Waals surface area contributed by atoms with E-state index in [0.717, 1.165) is 35.4 Å². The number of benzene rings is 3. The number of ether oxygens (including phenoxy) is 1. The Hall–Kier alpha value is -4.20. The topological polar surface area (TPSA) is 110 Å². The van der Waals surface area contributed by atoms with Crippen LogP contribution in [-0.2, 0) is 12.8 Å². The van der Waals surface area contributed by atoms with Gasteiger partial charge in [-0.25, -0.2) is 4.98 Å². The molecule has 8 nitrogen and oxygen atoms in total. The second-order valence-corrected chi connectivity index (χ2v) is 7.02. The summed E-state index contributed by atoms with van der Waals surface area (Å²) in [5.41, 5.74) is 3.73. The number of amides is 1. The second-order valence-electron chi connectivity index (χ2n) is 7.02. The first kappa shape index (κ1) is 20.1. The summed E-state index contributed by atoms with van der Waals surface area (Å²) < 4.78 is 5.18. The van der Waals surface area contributed by atoms with Crippen LogP contribution in [0.1, 0.15) is 21.7 Å². The normalized spacial score (nSPS) is 10.7. The molecular formula is C23H20N4O4. The van der Waals surface area contributed by atoms with E-state index in [9.17, 15) is 14.9 Å². The number of anilines is 1. The Morgan fingerprint density at radius 3 is 2.48 bits per heavy atom. The minimum Gasteiger partial charge on any atom is -0.497 e. The zero-order valence-electron chi connectivity index (χ0n) is 16.8. The lowest BCUT2D eigenvalue weighted by Crippen LogP contribution is -2.11. The van der Waals surface area contributed by atoms with Gasteiger partial charge in [-0.05, 0) is 54.4 Å². The van der Waals surface area contributed by atoms with E-state index in [2.05, 4.69) is 15.3 Å². The zero-order chi connectivity index (χ0) is 21.8. The van der Waals surface area contributed by atoms with Crippen molar-refractivity contribution in [3.63, 3.8) is 0 Å². The Kier molecular flexibility index (Phi) is 5.61. The molecule has 4 aromatic rings. The summed E-state index contributed by atoms with van der Waals surface area (Å²) in [6.45, 7) is 0. The number of hydrogen-bond donors (Lipinski definition) is 2. The van der Waals surface area contributed by atoms with Crippen molar-refractivity contribution in [2.45, 2.75) is 12.8 Å². The molecule has 0 radical (unpaired) electrons. The van der Waals surface area contributed by atoms with Gasteiger partial charge < -0.3 is 15.0 Å². The molecule has 1 amide bonds. The van der Waals surface area contributed by atoms with Crippen molar-refractivity contribution in [2.24, 2.45) is 0 Å². The lowest BCUT2D eigenvalue weighted by atomic mass is 10.1. The quantitative estimate of drug-likeness (QED) is 0.340. The number of rotatable bonds is 7. The van der Waals surface area contributed by atoms with Crippen LogP contribution in [0.2, 0.25) is 0 Å². The van der Waals surface area contributed by atoms with Gasteiger partial charge in [0.05, 0.1) is 23.1 Å². The maximum absolute atomic E-state index is 12.4. The zero-order valence-corrected chi connectivity index (χ0v) is 16.8. The number of carbonyl (C=O) groups excluding carboxylic acids is 1. The molecule has 0 unspecified atom stereocenters. The lowest BCUT2D eigenvalue weighted by molar-refractivity contribution is -0.384. The molecule has 1 heterocycles. The van der Waals surface area contributed by atoms with Gasteiger partial charge in [0.2, 0.25) is 0 Å². The molecule has 4 rings (SSSR count). The first-order chi connectivity index (χ1) is 15.0. The third kappa shape index (κ3) is 4.69. The van der Waals surface area contributed by atoms with E-state index in [4.69, 9.17) is 4.74 Å². The number of nitrogens with one attached hydrogen (secondary N) is 2. The molecule has 0 saturated carbocycles. The second kappa shape index (κ2) is 8.66. The van der Waals surface area contributed by atoms with E-state index in [1.165, 1.54) is 29.8 Å². The fraction of sp³-hybridized carbons (Fsp3) is 0.130. The largest absolute Gasteiger partial charge is 0.497 e. The monoisotopic (exact) mass is 416 g/mol. The van der Waals surface area contributed by atoms with Gasteiger partial charge in [-0.15, -0.1) is 0 Å². The standard InChI is InChI=1S/C23H20N4O4/c1-31-19-10-2-15(3-11-19)4-13-22-25-20-12-7-17(14-21(20)26-22)24-23(28)16-5-8-18(9-6-16)27(29)30/h2-3,5-12,14H,4,13H2,1H3,(H,24,28)(H,25,26). The summed E-state index contributed by atoms with van der Waals surface area (Å²) in [5, 5.41) is 13.6. The average Bonchev–Trinajstić information content (AvgIpc) is 3.20. The van der Waals surface area contributed by atoms with Crippen molar-refractivity contribution in [2.75, 3.05) is 12.4 Å². The highest BCUT2D eigenvalue weighted by Crippen LogP contribution is 2.20. The Morgan fingerprint density at radius 2 is 1.81 bits per heavy atom. The maximum atomic E-state index is 12.4. The highest BCUT2D eigenvalue weighted by Gasteiger charge is 2.11. The molecule has 0 saturated heterocycles. The number of nitro benzene ring substituents is 1. The summed E-state index contributed by atoms with van der Waals surface area (Å²) in [6.07, 6.45) is 1.60. The van der Waals surface area contributed by atoms with Crippen molar-refractivity contribution in [3.05, 3.63) is 93.8 Å². The van der Waals surface area contributed by atoms with Crippen LogP contribution in [-0.4, -0.2) is 27.9 Å². The van der Waals surface area contributed by atoms with Crippen LogP contribution in [0.15, 0.2) is 66.7 Å². The van der Waals surface area contributed by atoms with E-state index < -0.39 is 4.92 Å². The number of aryl methyl sites for hydroxylation is 2. The number of nitro groups is 1. The number of methoxy groups -OCH3 is 1. The van der Waals surface area contributed by atoms with Crippen molar-refractivity contribution in [1.29, 1.82) is 0 Å². The summed E-state index contributed by atoms with van der Waals surface area (Å²) in [7, 11) is 1.64. The molecule has 8 heteroatoms. The van der Waals surface area contributed by atoms with Gasteiger partial charge in [0.1, 0.15) is 11.6 Å². The Balaban J connectivity index is 1.43. The van der Waals surface area contributed by atoms with E-state index in [0.29, 0.717) is 11.3 Å². The third-order valence-corrected chi connectivity index (χ3v) is 4.94. The summed E-state index contributed by atoms with van der Waals surface area (Å²) in [4.78, 5) is 30.6. The molecule has 0 spiro atoms. The number of fused-ring (bicyclic) bond motifs is 1. The number of imidazole rings is 1. The number of H-pyrrole nitrogens is 1. The third-order valence-electron chi connectivity index (χ3n) is 4.94. The number of nitrogens with zero attached hydrogens (tertiary/aromatic N) is 2. The average molecular weight is 416 g/mol. The molecule has 2 N–H and O–H groups in total. The molecule has 31 heavy (non-hydrogen) atoms. The predicted octanol–water partition coefficient (Wildman–Crippen LogP) is 4.52. The van der Waals surface area contributed by atoms with Crippen LogP contribution in [0.5, 0.6) is 5.75 Å². The molecule has 3 aromatic carbocycles. The highest BCUT2D eigenvalue weighted by atomic mass is 16.6. The first-order valence-electron chi connectivity index (χ1n) is 9.69. The van der Waals surface area contributed by atoms with Crippen molar-refractivity contribution >= 4 is 28.3 Å². The van der Waals surface area contributed by atoms with Crippen LogP contribution >= 0.6 is 0 Å². The molecular weight excluding hydrogens is 396 g/mol. The van der Waals surface area contributed by atoms with Gasteiger partial charge in [0.15, 0.2) is 0 Å². The smallest absolute Gasteiger partial charge is 0.269 e. The number of hydrogen-bond acceptors (Lipinski definition) is 5. The van der Waals surface area contributed by atoms with Gasteiger partial charge in [0, 0.05) is 29.8 Å². The Morgan fingerprint density at radius 1 is 1.06 bits per heavy atom. The maximum Gasteiger partial charge on any atom is 0.269 e. The minimum absolute atomic E-state index is 0.0578. The first-order valence-corrected chi connectivity index (χ1v) is 9.69. The summed E-state index contributed by atoms with van der Waals surface area (Å²) in [5.74, 6) is 1.36. The fourth-order valence-electron chi connectivity index (χ4n) is 3.25. The number of aromatic amines is 1. The van der Waals surface area contributed by atoms with Crippen LogP contribution in [0, 0.1) is 10.1 Å². The Bertz CT molecular complexity index is 1230. The number of carbonyl (C=O) groups is 1. The van der Waals surface area contributed by atoms with Crippen LogP contribution in [0.3, 0.4) is 0 Å². The van der Waals surface area contributed by atoms with Gasteiger partial charge >= 0.3 is 0 Å². The van der Waals surface area contributed by atoms with Crippen LogP contribution in [0.4, 0.5) is 11.4 Å². The van der Waals surface area contributed by atoms with E-state index in [1.54, 1.807) is 13.2 Å². The van der Waals surface area contributed by atoms with Crippen molar-refractivity contribution < 1.29 is 14.5 Å². The van der Waals surface area contributed by atoms with Gasteiger partial charge in [-0.2, -0.15) is 0 Å². The molecule has 156 valence electrons. The van der Waals surface area contributed by atoms with E-state index in [1.807, 2.05) is 36.4 Å². The molecule has 0 atom stereocenters. The van der Waals surface area contributed by atoms with Crippen LogP contribution in [0.25, 0.3) is 11.0 Å². The van der Waals surface area contributed by atoms with Gasteiger partial charge in [0.25, 0.3) is 11.6 Å².